The van der Waals surface area contributed by atoms with Gasteiger partial charge in [-0.3, -0.25) is 0 Å². The van der Waals surface area contributed by atoms with Gasteiger partial charge in [0.25, 0.3) is 0 Å². The largest absolute Gasteiger partial charge is 0.330 e. The second kappa shape index (κ2) is 4.58. The molecule has 0 aliphatic carbocycles. The first kappa shape index (κ1) is 9.68. The number of hydrogen-bond donors (Lipinski definition) is 1. The predicted octanol–water partition coefficient (Wildman–Crippen LogP) is 1.91. The van der Waals surface area contributed by atoms with E-state index in [0.717, 1.165) is 12.8 Å². The molecule has 12 heavy (non-hydrogen) atoms. The number of hydrogen-bond acceptors (Lipinski definition) is 3. The van der Waals surface area contributed by atoms with E-state index in [9.17, 15) is 0 Å². The molecule has 0 aromatic carbocycles. The molecule has 0 radical (unpaired) electrons. The van der Waals surface area contributed by atoms with Crippen LogP contribution in [0.25, 0.3) is 0 Å². The first-order chi connectivity index (χ1) is 5.77. The number of nitrogens with zero attached hydrogens (tertiary/aromatic N) is 1. The van der Waals surface area contributed by atoms with Gasteiger partial charge in [0.15, 0.2) is 0 Å². The van der Waals surface area contributed by atoms with Gasteiger partial charge in [-0.05, 0) is 26.3 Å². The Kier molecular flexibility index (Phi) is 3.69. The number of rotatable bonds is 4. The van der Waals surface area contributed by atoms with Crippen LogP contribution in [0.1, 0.15) is 28.9 Å². The Bertz CT molecular complexity index is 243. The van der Waals surface area contributed by atoms with Gasteiger partial charge in [-0.2, -0.15) is 0 Å². The molecule has 2 N–H and O–H groups in total. The van der Waals surface area contributed by atoms with Gasteiger partial charge >= 0.3 is 0 Å². The van der Waals surface area contributed by atoms with Crippen molar-refractivity contribution in [3.05, 3.63) is 15.6 Å². The molecule has 0 spiro atoms. The highest BCUT2D eigenvalue weighted by Gasteiger charge is 2.05. The van der Waals surface area contributed by atoms with Crippen LogP contribution in [0.2, 0.25) is 0 Å². The SMILES string of the molecule is CCCc1nc(CCN)c(C)s1. The summed E-state index contributed by atoms with van der Waals surface area (Å²) in [5.74, 6) is 0. The molecule has 0 aliphatic heterocycles. The van der Waals surface area contributed by atoms with Gasteiger partial charge in [-0.1, -0.05) is 6.92 Å². The summed E-state index contributed by atoms with van der Waals surface area (Å²) < 4.78 is 0. The van der Waals surface area contributed by atoms with Gasteiger partial charge in [0.2, 0.25) is 0 Å². The second-order valence-electron chi connectivity index (χ2n) is 2.90. The summed E-state index contributed by atoms with van der Waals surface area (Å²) in [5, 5.41) is 1.26. The molecule has 0 atom stereocenters. The third-order valence-corrected chi connectivity index (χ3v) is 2.85. The monoisotopic (exact) mass is 184 g/mol. The minimum absolute atomic E-state index is 0.705. The van der Waals surface area contributed by atoms with Crippen molar-refractivity contribution in [3.63, 3.8) is 0 Å². The third-order valence-electron chi connectivity index (χ3n) is 1.78. The molecular formula is C9H16N2S. The van der Waals surface area contributed by atoms with Crippen LogP contribution in [0.3, 0.4) is 0 Å². The molecule has 1 aromatic heterocycles. The smallest absolute Gasteiger partial charge is 0.0930 e. The van der Waals surface area contributed by atoms with Crippen molar-refractivity contribution in [2.75, 3.05) is 6.54 Å². The molecule has 0 saturated carbocycles. The summed E-state index contributed by atoms with van der Waals surface area (Å²) in [6.45, 7) is 5.01. The van der Waals surface area contributed by atoms with E-state index in [-0.39, 0.29) is 0 Å². The van der Waals surface area contributed by atoms with Crippen LogP contribution in [0.15, 0.2) is 0 Å². The molecule has 68 valence electrons. The zero-order valence-corrected chi connectivity index (χ0v) is 8.58. The zero-order chi connectivity index (χ0) is 8.97. The first-order valence-corrected chi connectivity index (χ1v) is 5.24. The number of thiazole rings is 1. The molecule has 0 amide bonds. The molecule has 1 heterocycles. The van der Waals surface area contributed by atoms with E-state index in [0.29, 0.717) is 6.54 Å². The van der Waals surface area contributed by atoms with E-state index in [1.807, 2.05) is 11.3 Å². The molecule has 0 aliphatic rings. The second-order valence-corrected chi connectivity index (χ2v) is 4.19. The van der Waals surface area contributed by atoms with Crippen molar-refractivity contribution in [2.45, 2.75) is 33.1 Å². The van der Waals surface area contributed by atoms with Crippen LogP contribution in [-0.2, 0) is 12.8 Å². The molecule has 2 nitrogen and oxygen atoms in total. The Labute approximate surface area is 77.8 Å². The van der Waals surface area contributed by atoms with Crippen molar-refractivity contribution in [1.82, 2.24) is 4.98 Å². The summed E-state index contributed by atoms with van der Waals surface area (Å²) in [7, 11) is 0. The lowest BCUT2D eigenvalue weighted by Gasteiger charge is -1.91. The van der Waals surface area contributed by atoms with E-state index in [2.05, 4.69) is 18.8 Å². The summed E-state index contributed by atoms with van der Waals surface area (Å²) in [4.78, 5) is 5.86. The van der Waals surface area contributed by atoms with Crippen molar-refractivity contribution in [3.8, 4) is 0 Å². The van der Waals surface area contributed by atoms with Crippen molar-refractivity contribution >= 4 is 11.3 Å². The van der Waals surface area contributed by atoms with Crippen LogP contribution in [0.5, 0.6) is 0 Å². The van der Waals surface area contributed by atoms with Crippen LogP contribution < -0.4 is 5.73 Å². The van der Waals surface area contributed by atoms with Gasteiger partial charge < -0.3 is 5.73 Å². The highest BCUT2D eigenvalue weighted by molar-refractivity contribution is 7.11. The average Bonchev–Trinajstić information content (AvgIpc) is 2.34. The summed E-state index contributed by atoms with van der Waals surface area (Å²) in [6, 6.07) is 0. The Hall–Kier alpha value is -0.410. The number of aromatic nitrogens is 1. The standard InChI is InChI=1S/C9H16N2S/c1-3-4-9-11-8(5-6-10)7(2)12-9/h3-6,10H2,1-2H3. The fourth-order valence-electron chi connectivity index (χ4n) is 1.18. The number of aryl methyl sites for hydroxylation is 2. The summed E-state index contributed by atoms with van der Waals surface area (Å²) in [6.07, 6.45) is 3.21. The minimum Gasteiger partial charge on any atom is -0.330 e. The van der Waals surface area contributed by atoms with Gasteiger partial charge in [-0.15, -0.1) is 11.3 Å². The molecule has 1 aromatic rings. The highest BCUT2D eigenvalue weighted by Crippen LogP contribution is 2.18. The topological polar surface area (TPSA) is 38.9 Å². The van der Waals surface area contributed by atoms with E-state index in [4.69, 9.17) is 5.73 Å². The Morgan fingerprint density at radius 3 is 2.75 bits per heavy atom. The molecule has 0 unspecified atom stereocenters. The van der Waals surface area contributed by atoms with Crippen molar-refractivity contribution in [2.24, 2.45) is 5.73 Å². The van der Waals surface area contributed by atoms with Crippen molar-refractivity contribution < 1.29 is 0 Å². The van der Waals surface area contributed by atoms with Gasteiger partial charge in [0.05, 0.1) is 10.7 Å². The lowest BCUT2D eigenvalue weighted by molar-refractivity contribution is 0.872. The van der Waals surface area contributed by atoms with Crippen LogP contribution in [0.4, 0.5) is 0 Å². The third kappa shape index (κ3) is 2.29. The normalized spacial score (nSPS) is 10.6. The fraction of sp³-hybridized carbons (Fsp3) is 0.667. The Balaban J connectivity index is 2.70. The van der Waals surface area contributed by atoms with Crippen LogP contribution >= 0.6 is 11.3 Å². The maximum atomic E-state index is 5.48. The van der Waals surface area contributed by atoms with Gasteiger partial charge in [0.1, 0.15) is 0 Å². The maximum absolute atomic E-state index is 5.48. The molecule has 1 rings (SSSR count). The first-order valence-electron chi connectivity index (χ1n) is 4.43. The highest BCUT2D eigenvalue weighted by atomic mass is 32.1. The quantitative estimate of drug-likeness (QED) is 0.776. The van der Waals surface area contributed by atoms with E-state index in [1.165, 1.54) is 22.0 Å². The van der Waals surface area contributed by atoms with Crippen LogP contribution in [-0.4, -0.2) is 11.5 Å². The van der Waals surface area contributed by atoms with E-state index >= 15 is 0 Å². The summed E-state index contributed by atoms with van der Waals surface area (Å²) >= 11 is 1.81. The zero-order valence-electron chi connectivity index (χ0n) is 7.76. The molecule has 0 saturated heterocycles. The molecule has 0 fully saturated rings. The van der Waals surface area contributed by atoms with E-state index < -0.39 is 0 Å². The Morgan fingerprint density at radius 1 is 1.42 bits per heavy atom. The van der Waals surface area contributed by atoms with Crippen LogP contribution in [0, 0.1) is 6.92 Å². The van der Waals surface area contributed by atoms with E-state index in [1.54, 1.807) is 0 Å². The Morgan fingerprint density at radius 2 is 2.17 bits per heavy atom. The lowest BCUT2D eigenvalue weighted by atomic mass is 10.3. The molecule has 0 bridgehead atoms. The van der Waals surface area contributed by atoms with Gasteiger partial charge in [0, 0.05) is 11.3 Å². The molecular weight excluding hydrogens is 168 g/mol. The lowest BCUT2D eigenvalue weighted by Crippen LogP contribution is -2.03. The van der Waals surface area contributed by atoms with Gasteiger partial charge in [-0.25, -0.2) is 4.98 Å². The molecule has 3 heteroatoms. The average molecular weight is 184 g/mol. The fourth-order valence-corrected chi connectivity index (χ4v) is 2.26. The minimum atomic E-state index is 0.705. The van der Waals surface area contributed by atoms with Crippen molar-refractivity contribution in [1.29, 1.82) is 0 Å². The summed E-state index contributed by atoms with van der Waals surface area (Å²) in [5.41, 5.74) is 6.68. The maximum Gasteiger partial charge on any atom is 0.0930 e. The number of nitrogens with two attached hydrogens (primary N) is 1. The predicted molar refractivity (Wildman–Crippen MR) is 53.6 cm³/mol.